The van der Waals surface area contributed by atoms with Gasteiger partial charge in [-0.3, -0.25) is 14.5 Å². The van der Waals surface area contributed by atoms with Gasteiger partial charge in [-0.05, 0) is 48.9 Å². The van der Waals surface area contributed by atoms with Crippen molar-refractivity contribution >= 4 is 29.4 Å². The van der Waals surface area contributed by atoms with Crippen LogP contribution in [0.4, 0.5) is 10.2 Å². The minimum absolute atomic E-state index is 0.101. The van der Waals surface area contributed by atoms with Crippen molar-refractivity contribution in [2.24, 2.45) is 0 Å². The summed E-state index contributed by atoms with van der Waals surface area (Å²) in [6.07, 6.45) is 1.54. The van der Waals surface area contributed by atoms with Gasteiger partial charge in [0.2, 0.25) is 11.8 Å². The van der Waals surface area contributed by atoms with E-state index in [-0.39, 0.29) is 36.5 Å². The minimum atomic E-state index is -0.407. The van der Waals surface area contributed by atoms with Gasteiger partial charge < -0.3 is 9.73 Å². The molecule has 2 amide bonds. The second kappa shape index (κ2) is 11.5. The second-order valence-electron chi connectivity index (χ2n) is 9.78. The van der Waals surface area contributed by atoms with Crippen LogP contribution in [0.5, 0.6) is 0 Å². The number of nitrogens with one attached hydrogen (secondary N) is 1. The molecule has 1 aliphatic heterocycles. The Kier molecular flexibility index (Phi) is 7.43. The lowest BCUT2D eigenvalue weighted by molar-refractivity contribution is -0.123. The van der Waals surface area contributed by atoms with E-state index < -0.39 is 5.25 Å². The predicted octanol–water partition coefficient (Wildman–Crippen LogP) is 6.07. The number of hydrogen-bond acceptors (Lipinski definition) is 5. The molecule has 206 valence electrons. The lowest BCUT2D eigenvalue weighted by Gasteiger charge is -2.23. The molecule has 1 N–H and O–H groups in total. The number of furan rings is 1. The maximum atomic E-state index is 14.5. The number of carbonyl (C=O) groups is 2. The van der Waals surface area contributed by atoms with Gasteiger partial charge in [0.1, 0.15) is 23.9 Å². The summed E-state index contributed by atoms with van der Waals surface area (Å²) in [6.45, 7) is 1.99. The highest BCUT2D eigenvalue weighted by Gasteiger charge is 2.37. The van der Waals surface area contributed by atoms with Crippen molar-refractivity contribution in [2.75, 3.05) is 17.2 Å². The first-order chi connectivity index (χ1) is 20.0. The fraction of sp³-hybridized carbons (Fsp3) is 0.156. The molecule has 41 heavy (non-hydrogen) atoms. The van der Waals surface area contributed by atoms with Gasteiger partial charge >= 0.3 is 0 Å². The summed E-state index contributed by atoms with van der Waals surface area (Å²) >= 11 is 1.40. The number of thioether (sulfide) groups is 1. The highest BCUT2D eigenvalue weighted by molar-refractivity contribution is 8.00. The number of hydrogen-bond donors (Lipinski definition) is 1. The van der Waals surface area contributed by atoms with Gasteiger partial charge in [-0.25, -0.2) is 9.07 Å². The highest BCUT2D eigenvalue weighted by atomic mass is 32.2. The third kappa shape index (κ3) is 5.53. The summed E-state index contributed by atoms with van der Waals surface area (Å²) in [5.41, 5.74) is 4.80. The Morgan fingerprint density at radius 2 is 1.85 bits per heavy atom. The first kappa shape index (κ1) is 26.6. The molecule has 1 atom stereocenters. The molecule has 5 aromatic rings. The van der Waals surface area contributed by atoms with E-state index in [0.29, 0.717) is 22.8 Å². The fourth-order valence-electron chi connectivity index (χ4n) is 4.93. The van der Waals surface area contributed by atoms with Gasteiger partial charge in [0.25, 0.3) is 0 Å². The van der Waals surface area contributed by atoms with Gasteiger partial charge in [0, 0.05) is 11.1 Å². The van der Waals surface area contributed by atoms with Crippen LogP contribution in [0.2, 0.25) is 0 Å². The summed E-state index contributed by atoms with van der Waals surface area (Å²) in [4.78, 5) is 28.5. The van der Waals surface area contributed by atoms with E-state index in [9.17, 15) is 14.0 Å². The van der Waals surface area contributed by atoms with Crippen LogP contribution in [0.1, 0.15) is 27.7 Å². The predicted molar refractivity (Wildman–Crippen MR) is 157 cm³/mol. The van der Waals surface area contributed by atoms with Crippen LogP contribution in [-0.2, 0) is 16.1 Å². The molecule has 3 heterocycles. The van der Waals surface area contributed by atoms with Crippen molar-refractivity contribution in [1.82, 2.24) is 15.1 Å². The highest BCUT2D eigenvalue weighted by Crippen LogP contribution is 2.48. The van der Waals surface area contributed by atoms with Crippen molar-refractivity contribution in [3.05, 3.63) is 126 Å². The molecule has 7 nitrogen and oxygen atoms in total. The SMILES string of the molecule is Cc1ccc(-n2nc(-c3ccccc3)c3c2N(CC(=O)NCc2ccco2)C(=O)CS[C@@H]3c2cccc(F)c2)cc1. The van der Waals surface area contributed by atoms with Crippen molar-refractivity contribution in [2.45, 2.75) is 18.7 Å². The molecule has 2 aromatic heterocycles. The molecule has 0 unspecified atom stereocenters. The standard InChI is InChI=1S/C32H27FN4O3S/c1-21-12-14-25(15-13-21)37-32-29(30(35-37)22-7-3-2-4-8-22)31(23-9-5-10-24(33)17-23)41-20-28(39)36(32)19-27(38)34-18-26-11-6-16-40-26/h2-17,31H,18-20H2,1H3,(H,34,38)/t31-/m1/s1. The molecule has 1 aliphatic rings. The van der Waals surface area contributed by atoms with Crippen LogP contribution in [0, 0.1) is 12.7 Å². The number of carbonyl (C=O) groups excluding carboxylic acids is 2. The van der Waals surface area contributed by atoms with Crippen LogP contribution >= 0.6 is 11.8 Å². The number of anilines is 1. The quantitative estimate of drug-likeness (QED) is 0.259. The molecule has 0 fully saturated rings. The van der Waals surface area contributed by atoms with Crippen LogP contribution in [-0.4, -0.2) is 33.9 Å². The molecular formula is C32H27FN4O3S. The Morgan fingerprint density at radius 3 is 2.59 bits per heavy atom. The van der Waals surface area contributed by atoms with Crippen molar-refractivity contribution in [1.29, 1.82) is 0 Å². The Morgan fingerprint density at radius 1 is 1.05 bits per heavy atom. The Balaban J connectivity index is 1.53. The van der Waals surface area contributed by atoms with Gasteiger partial charge in [0.15, 0.2) is 0 Å². The molecule has 0 bridgehead atoms. The molecule has 0 saturated heterocycles. The zero-order valence-corrected chi connectivity index (χ0v) is 23.1. The van der Waals surface area contributed by atoms with E-state index in [1.165, 1.54) is 28.8 Å². The van der Waals surface area contributed by atoms with E-state index in [0.717, 1.165) is 22.4 Å². The van der Waals surface area contributed by atoms with Gasteiger partial charge in [-0.15, -0.1) is 11.8 Å². The lowest BCUT2D eigenvalue weighted by Crippen LogP contribution is -2.42. The Bertz CT molecular complexity index is 1680. The number of benzene rings is 3. The van der Waals surface area contributed by atoms with E-state index >= 15 is 0 Å². The number of aromatic nitrogens is 2. The van der Waals surface area contributed by atoms with Crippen LogP contribution < -0.4 is 10.2 Å². The topological polar surface area (TPSA) is 80.4 Å². The van der Waals surface area contributed by atoms with Crippen molar-refractivity contribution < 1.29 is 18.4 Å². The summed E-state index contributed by atoms with van der Waals surface area (Å²) in [5, 5.41) is 7.49. The number of fused-ring (bicyclic) bond motifs is 1. The van der Waals surface area contributed by atoms with E-state index in [1.54, 1.807) is 29.1 Å². The van der Waals surface area contributed by atoms with E-state index in [2.05, 4.69) is 5.32 Å². The Labute approximate surface area is 241 Å². The average molecular weight is 567 g/mol. The summed E-state index contributed by atoms with van der Waals surface area (Å²) < 4.78 is 21.6. The lowest BCUT2D eigenvalue weighted by atomic mass is 9.99. The van der Waals surface area contributed by atoms with Gasteiger partial charge in [-0.2, -0.15) is 5.10 Å². The molecule has 0 aliphatic carbocycles. The number of amides is 2. The summed E-state index contributed by atoms with van der Waals surface area (Å²) in [6, 6.07) is 27.5. The molecule has 3 aromatic carbocycles. The van der Waals surface area contributed by atoms with Crippen LogP contribution in [0.25, 0.3) is 16.9 Å². The fourth-order valence-corrected chi connectivity index (χ4v) is 6.11. The van der Waals surface area contributed by atoms with Crippen LogP contribution in [0.15, 0.2) is 102 Å². The van der Waals surface area contributed by atoms with Gasteiger partial charge in [0.05, 0.1) is 35.2 Å². The maximum absolute atomic E-state index is 14.5. The summed E-state index contributed by atoms with van der Waals surface area (Å²) in [5.74, 6) is 0.262. The molecule has 0 spiro atoms. The smallest absolute Gasteiger partial charge is 0.240 e. The molecule has 0 saturated carbocycles. The largest absolute Gasteiger partial charge is 0.467 e. The monoisotopic (exact) mass is 566 g/mol. The van der Waals surface area contributed by atoms with Crippen LogP contribution in [0.3, 0.4) is 0 Å². The average Bonchev–Trinajstić information content (AvgIpc) is 3.62. The minimum Gasteiger partial charge on any atom is -0.467 e. The maximum Gasteiger partial charge on any atom is 0.240 e. The van der Waals surface area contributed by atoms with E-state index in [1.807, 2.05) is 67.6 Å². The molecular weight excluding hydrogens is 539 g/mol. The normalized spacial score (nSPS) is 14.9. The first-order valence-electron chi connectivity index (χ1n) is 13.2. The Hall–Kier alpha value is -4.63. The number of nitrogens with zero attached hydrogens (tertiary/aromatic N) is 3. The summed E-state index contributed by atoms with van der Waals surface area (Å²) in [7, 11) is 0. The zero-order valence-electron chi connectivity index (χ0n) is 22.3. The second-order valence-corrected chi connectivity index (χ2v) is 10.9. The van der Waals surface area contributed by atoms with Crippen molar-refractivity contribution in [3.8, 4) is 16.9 Å². The molecule has 9 heteroatoms. The van der Waals surface area contributed by atoms with E-state index in [4.69, 9.17) is 9.52 Å². The van der Waals surface area contributed by atoms with Crippen molar-refractivity contribution in [3.63, 3.8) is 0 Å². The third-order valence-corrected chi connectivity index (χ3v) is 8.16. The number of halogens is 1. The first-order valence-corrected chi connectivity index (χ1v) is 14.2. The number of rotatable bonds is 7. The number of aryl methyl sites for hydroxylation is 1. The molecule has 6 rings (SSSR count). The third-order valence-electron chi connectivity index (χ3n) is 6.91. The zero-order chi connectivity index (χ0) is 28.3. The van der Waals surface area contributed by atoms with Gasteiger partial charge in [-0.1, -0.05) is 60.2 Å². The molecule has 0 radical (unpaired) electrons.